The van der Waals surface area contributed by atoms with Crippen molar-refractivity contribution in [3.8, 4) is 5.75 Å². The maximum atomic E-state index is 9.60. The summed E-state index contributed by atoms with van der Waals surface area (Å²) in [5, 5.41) is 18.8. The van der Waals surface area contributed by atoms with Crippen molar-refractivity contribution in [2.45, 2.75) is 19.6 Å². The molecule has 1 aromatic carbocycles. The number of rotatable bonds is 4. The lowest BCUT2D eigenvalue weighted by molar-refractivity contribution is 0.227. The van der Waals surface area contributed by atoms with Crippen LogP contribution >= 0.6 is 0 Å². The summed E-state index contributed by atoms with van der Waals surface area (Å²) in [6, 6.07) is 3.50. The summed E-state index contributed by atoms with van der Waals surface area (Å²) in [7, 11) is 1.56. The van der Waals surface area contributed by atoms with Crippen molar-refractivity contribution in [2.75, 3.05) is 7.11 Å². The van der Waals surface area contributed by atoms with Gasteiger partial charge in [0.1, 0.15) is 5.75 Å². The highest BCUT2D eigenvalue weighted by atomic mass is 16.5. The molecule has 3 nitrogen and oxygen atoms in total. The van der Waals surface area contributed by atoms with E-state index in [1.165, 1.54) is 6.08 Å². The monoisotopic (exact) mass is 208 g/mol. The Hall–Kier alpha value is -1.32. The van der Waals surface area contributed by atoms with Gasteiger partial charge >= 0.3 is 0 Å². The molecule has 2 N–H and O–H groups in total. The van der Waals surface area contributed by atoms with Gasteiger partial charge in [0, 0.05) is 0 Å². The van der Waals surface area contributed by atoms with E-state index in [2.05, 4.69) is 6.58 Å². The molecule has 3 heteroatoms. The maximum Gasteiger partial charge on any atom is 0.122 e. The van der Waals surface area contributed by atoms with E-state index in [0.29, 0.717) is 11.3 Å². The Morgan fingerprint density at radius 3 is 2.67 bits per heavy atom. The van der Waals surface area contributed by atoms with Crippen molar-refractivity contribution in [1.29, 1.82) is 0 Å². The molecule has 0 spiro atoms. The minimum atomic E-state index is -0.732. The molecule has 1 aromatic rings. The Kier molecular flexibility index (Phi) is 3.88. The van der Waals surface area contributed by atoms with E-state index in [-0.39, 0.29) is 6.61 Å². The highest BCUT2D eigenvalue weighted by Crippen LogP contribution is 2.27. The minimum absolute atomic E-state index is 0.0695. The fourth-order valence-corrected chi connectivity index (χ4v) is 1.45. The Labute approximate surface area is 89.6 Å². The predicted octanol–water partition coefficient (Wildman–Crippen LogP) is 1.72. The van der Waals surface area contributed by atoms with Gasteiger partial charge in [-0.15, -0.1) is 6.58 Å². The molecule has 0 bridgehead atoms. The van der Waals surface area contributed by atoms with Gasteiger partial charge in [-0.25, -0.2) is 0 Å². The summed E-state index contributed by atoms with van der Waals surface area (Å²) < 4.78 is 5.17. The lowest BCUT2D eigenvalue weighted by atomic mass is 10.0. The number of aliphatic hydroxyl groups is 2. The molecule has 0 aliphatic heterocycles. The predicted molar refractivity (Wildman–Crippen MR) is 58.8 cm³/mol. The van der Waals surface area contributed by atoms with Gasteiger partial charge in [-0.1, -0.05) is 12.1 Å². The van der Waals surface area contributed by atoms with Gasteiger partial charge in [0.25, 0.3) is 0 Å². The van der Waals surface area contributed by atoms with Gasteiger partial charge in [-0.2, -0.15) is 0 Å². The molecule has 0 saturated heterocycles. The van der Waals surface area contributed by atoms with Crippen molar-refractivity contribution < 1.29 is 14.9 Å². The van der Waals surface area contributed by atoms with Crippen LogP contribution in [0.15, 0.2) is 24.8 Å². The number of hydrogen-bond donors (Lipinski definition) is 2. The van der Waals surface area contributed by atoms with Crippen LogP contribution in [0, 0.1) is 6.92 Å². The Morgan fingerprint density at radius 2 is 2.20 bits per heavy atom. The van der Waals surface area contributed by atoms with Crippen molar-refractivity contribution in [3.05, 3.63) is 41.5 Å². The van der Waals surface area contributed by atoms with Crippen LogP contribution in [0.5, 0.6) is 5.75 Å². The third kappa shape index (κ3) is 2.37. The summed E-state index contributed by atoms with van der Waals surface area (Å²) in [5.74, 6) is 0.664. The zero-order valence-corrected chi connectivity index (χ0v) is 9.03. The SMILES string of the molecule is C=C[C@H](O)c1cc(CO)c(C)c(OC)c1. The van der Waals surface area contributed by atoms with Crippen LogP contribution in [-0.2, 0) is 6.61 Å². The summed E-state index contributed by atoms with van der Waals surface area (Å²) in [6.07, 6.45) is 0.704. The number of aliphatic hydroxyl groups excluding tert-OH is 2. The summed E-state index contributed by atoms with van der Waals surface area (Å²) >= 11 is 0. The molecule has 0 aliphatic carbocycles. The molecule has 15 heavy (non-hydrogen) atoms. The van der Waals surface area contributed by atoms with Crippen molar-refractivity contribution in [1.82, 2.24) is 0 Å². The first-order valence-electron chi connectivity index (χ1n) is 4.73. The van der Waals surface area contributed by atoms with Gasteiger partial charge in [-0.3, -0.25) is 0 Å². The molecule has 0 fully saturated rings. The molecule has 1 atom stereocenters. The highest BCUT2D eigenvalue weighted by Gasteiger charge is 2.10. The largest absolute Gasteiger partial charge is 0.496 e. The van der Waals surface area contributed by atoms with Crippen LogP contribution in [0.2, 0.25) is 0 Å². The number of methoxy groups -OCH3 is 1. The zero-order chi connectivity index (χ0) is 11.4. The fourth-order valence-electron chi connectivity index (χ4n) is 1.45. The van der Waals surface area contributed by atoms with Gasteiger partial charge in [0.05, 0.1) is 19.8 Å². The molecule has 82 valence electrons. The zero-order valence-electron chi connectivity index (χ0n) is 9.03. The minimum Gasteiger partial charge on any atom is -0.496 e. The van der Waals surface area contributed by atoms with Gasteiger partial charge in [0.15, 0.2) is 0 Å². The first kappa shape index (κ1) is 11.8. The molecule has 0 amide bonds. The van der Waals surface area contributed by atoms with Gasteiger partial charge in [0.2, 0.25) is 0 Å². The van der Waals surface area contributed by atoms with Crippen molar-refractivity contribution >= 4 is 0 Å². The van der Waals surface area contributed by atoms with Gasteiger partial charge < -0.3 is 14.9 Å². The van der Waals surface area contributed by atoms with E-state index < -0.39 is 6.10 Å². The van der Waals surface area contributed by atoms with E-state index in [1.54, 1.807) is 19.2 Å². The van der Waals surface area contributed by atoms with Crippen LogP contribution in [0.1, 0.15) is 22.8 Å². The molecule has 0 unspecified atom stereocenters. The lowest BCUT2D eigenvalue weighted by Gasteiger charge is -2.13. The smallest absolute Gasteiger partial charge is 0.122 e. The molecular weight excluding hydrogens is 192 g/mol. The molecule has 0 radical (unpaired) electrons. The van der Waals surface area contributed by atoms with E-state index in [9.17, 15) is 5.11 Å². The van der Waals surface area contributed by atoms with Crippen LogP contribution in [0.25, 0.3) is 0 Å². The van der Waals surface area contributed by atoms with Crippen LogP contribution in [0.4, 0.5) is 0 Å². The van der Waals surface area contributed by atoms with E-state index in [1.807, 2.05) is 6.92 Å². The average molecular weight is 208 g/mol. The second-order valence-corrected chi connectivity index (χ2v) is 3.35. The normalized spacial score (nSPS) is 12.3. The number of hydrogen-bond acceptors (Lipinski definition) is 3. The van der Waals surface area contributed by atoms with Crippen molar-refractivity contribution in [2.24, 2.45) is 0 Å². The molecule has 0 aromatic heterocycles. The molecule has 0 aliphatic rings. The Bertz CT molecular complexity index is 333. The molecule has 0 heterocycles. The van der Waals surface area contributed by atoms with E-state index >= 15 is 0 Å². The molecule has 1 rings (SSSR count). The highest BCUT2D eigenvalue weighted by molar-refractivity contribution is 5.44. The van der Waals surface area contributed by atoms with Crippen molar-refractivity contribution in [3.63, 3.8) is 0 Å². The second kappa shape index (κ2) is 4.96. The molecule has 0 saturated carbocycles. The average Bonchev–Trinajstić information content (AvgIpc) is 2.28. The van der Waals surface area contributed by atoms with Crippen LogP contribution < -0.4 is 4.74 Å². The summed E-state index contributed by atoms with van der Waals surface area (Å²) in [6.45, 7) is 5.32. The third-order valence-corrected chi connectivity index (χ3v) is 2.44. The molecular formula is C12H16O3. The van der Waals surface area contributed by atoms with E-state index in [4.69, 9.17) is 9.84 Å². The summed E-state index contributed by atoms with van der Waals surface area (Å²) in [4.78, 5) is 0. The quantitative estimate of drug-likeness (QED) is 0.741. The Balaban J connectivity index is 3.26. The lowest BCUT2D eigenvalue weighted by Crippen LogP contribution is -2.00. The van der Waals surface area contributed by atoms with Crippen LogP contribution in [0.3, 0.4) is 0 Å². The first-order chi connectivity index (χ1) is 7.13. The summed E-state index contributed by atoms with van der Waals surface area (Å²) in [5.41, 5.74) is 2.32. The maximum absolute atomic E-state index is 9.60. The van der Waals surface area contributed by atoms with Gasteiger partial charge in [-0.05, 0) is 29.7 Å². The first-order valence-corrected chi connectivity index (χ1v) is 4.73. The fraction of sp³-hybridized carbons (Fsp3) is 0.333. The third-order valence-electron chi connectivity index (χ3n) is 2.44. The topological polar surface area (TPSA) is 49.7 Å². The Morgan fingerprint density at radius 1 is 1.53 bits per heavy atom. The standard InChI is InChI=1S/C12H16O3/c1-4-11(14)9-5-10(7-13)8(2)12(6-9)15-3/h4-6,11,13-14H,1,7H2,2-3H3/t11-/m0/s1. The number of ether oxygens (including phenoxy) is 1. The number of benzene rings is 1. The second-order valence-electron chi connectivity index (χ2n) is 3.35. The van der Waals surface area contributed by atoms with Crippen LogP contribution in [-0.4, -0.2) is 17.3 Å². The van der Waals surface area contributed by atoms with E-state index in [0.717, 1.165) is 11.1 Å².